The minimum absolute atomic E-state index is 0.332. The van der Waals surface area contributed by atoms with E-state index in [1.54, 1.807) is 7.11 Å². The van der Waals surface area contributed by atoms with E-state index in [1.165, 1.54) is 0 Å². The second-order valence-electron chi connectivity index (χ2n) is 3.26. The lowest BCUT2D eigenvalue weighted by atomic mass is 9.98. The third-order valence-corrected chi connectivity index (χ3v) is 2.00. The molecule has 0 unspecified atom stereocenters. The van der Waals surface area contributed by atoms with Gasteiger partial charge in [0.2, 0.25) is 5.79 Å². The molecule has 1 aliphatic heterocycles. The lowest BCUT2D eigenvalue weighted by Crippen LogP contribution is -2.35. The summed E-state index contributed by atoms with van der Waals surface area (Å²) in [5.41, 5.74) is 0. The van der Waals surface area contributed by atoms with Crippen molar-refractivity contribution in [1.29, 1.82) is 5.26 Å². The standard InChI is InChI=1S/C9H13NO2/c1-7-4-8(6-10)12-9(2,5-7)11-3/h4,7H,5H2,1-3H3/t7-,9-/m1/s1. The van der Waals surface area contributed by atoms with Crippen molar-refractivity contribution < 1.29 is 9.47 Å². The number of hydrogen-bond acceptors (Lipinski definition) is 3. The zero-order valence-corrected chi connectivity index (χ0v) is 7.63. The molecule has 2 atom stereocenters. The van der Waals surface area contributed by atoms with Crippen molar-refractivity contribution >= 4 is 0 Å². The van der Waals surface area contributed by atoms with E-state index in [0.717, 1.165) is 6.42 Å². The van der Waals surface area contributed by atoms with Gasteiger partial charge in [-0.3, -0.25) is 0 Å². The van der Waals surface area contributed by atoms with Gasteiger partial charge in [0.25, 0.3) is 0 Å². The van der Waals surface area contributed by atoms with Gasteiger partial charge in [-0.1, -0.05) is 6.92 Å². The molecule has 0 radical (unpaired) electrons. The molecule has 1 heterocycles. The monoisotopic (exact) mass is 167 g/mol. The first kappa shape index (κ1) is 9.08. The van der Waals surface area contributed by atoms with Crippen molar-refractivity contribution in [3.8, 4) is 6.07 Å². The van der Waals surface area contributed by atoms with Gasteiger partial charge in [0.15, 0.2) is 5.76 Å². The van der Waals surface area contributed by atoms with E-state index >= 15 is 0 Å². The molecule has 0 aromatic rings. The van der Waals surface area contributed by atoms with E-state index in [2.05, 4.69) is 0 Å². The average Bonchev–Trinajstić information content (AvgIpc) is 2.03. The third kappa shape index (κ3) is 1.77. The number of nitrogens with zero attached hydrogens (tertiary/aromatic N) is 1. The van der Waals surface area contributed by atoms with Gasteiger partial charge in [-0.05, 0) is 12.0 Å². The van der Waals surface area contributed by atoms with Crippen LogP contribution in [0.3, 0.4) is 0 Å². The maximum absolute atomic E-state index is 8.64. The second kappa shape index (κ2) is 3.16. The topological polar surface area (TPSA) is 42.2 Å². The summed E-state index contributed by atoms with van der Waals surface area (Å²) < 4.78 is 10.5. The van der Waals surface area contributed by atoms with Crippen LogP contribution in [-0.4, -0.2) is 12.9 Å². The molecule has 0 aromatic heterocycles. The van der Waals surface area contributed by atoms with Crippen LogP contribution in [0.25, 0.3) is 0 Å². The molecule has 0 amide bonds. The molecule has 12 heavy (non-hydrogen) atoms. The summed E-state index contributed by atoms with van der Waals surface area (Å²) in [5, 5.41) is 8.64. The smallest absolute Gasteiger partial charge is 0.208 e. The van der Waals surface area contributed by atoms with Crippen LogP contribution in [-0.2, 0) is 9.47 Å². The van der Waals surface area contributed by atoms with Gasteiger partial charge >= 0.3 is 0 Å². The second-order valence-corrected chi connectivity index (χ2v) is 3.26. The summed E-state index contributed by atoms with van der Waals surface area (Å²) in [5.74, 6) is 0.0654. The molecule has 0 aliphatic carbocycles. The molecular formula is C9H13NO2. The highest BCUT2D eigenvalue weighted by atomic mass is 16.7. The Hall–Kier alpha value is -1.01. The van der Waals surface area contributed by atoms with E-state index in [0.29, 0.717) is 11.7 Å². The molecule has 3 nitrogen and oxygen atoms in total. The van der Waals surface area contributed by atoms with Crippen molar-refractivity contribution in [2.45, 2.75) is 26.1 Å². The average molecular weight is 167 g/mol. The van der Waals surface area contributed by atoms with Crippen LogP contribution in [0.1, 0.15) is 20.3 Å². The summed E-state index contributed by atoms with van der Waals surface area (Å²) in [6.07, 6.45) is 2.61. The number of methoxy groups -OCH3 is 1. The molecular weight excluding hydrogens is 154 g/mol. The molecule has 0 bridgehead atoms. The Morgan fingerprint density at radius 2 is 2.50 bits per heavy atom. The Morgan fingerprint density at radius 3 is 3.00 bits per heavy atom. The SMILES string of the molecule is CO[C@@]1(C)C[C@H](C)C=C(C#N)O1. The maximum atomic E-state index is 8.64. The molecule has 0 saturated heterocycles. The lowest BCUT2D eigenvalue weighted by molar-refractivity contribution is -0.197. The normalized spacial score (nSPS) is 34.8. The van der Waals surface area contributed by atoms with Crippen LogP contribution >= 0.6 is 0 Å². The van der Waals surface area contributed by atoms with Gasteiger partial charge in [0.05, 0.1) is 0 Å². The van der Waals surface area contributed by atoms with Crippen molar-refractivity contribution in [3.63, 3.8) is 0 Å². The molecule has 66 valence electrons. The molecule has 1 aliphatic rings. The Bertz CT molecular complexity index is 241. The van der Waals surface area contributed by atoms with Crippen LogP contribution in [0.15, 0.2) is 11.8 Å². The van der Waals surface area contributed by atoms with Gasteiger partial charge < -0.3 is 9.47 Å². The van der Waals surface area contributed by atoms with E-state index in [-0.39, 0.29) is 0 Å². The summed E-state index contributed by atoms with van der Waals surface area (Å²) in [6.45, 7) is 3.88. The number of ether oxygens (including phenoxy) is 2. The maximum Gasteiger partial charge on any atom is 0.208 e. The highest BCUT2D eigenvalue weighted by Crippen LogP contribution is 2.30. The Balaban J connectivity index is 2.80. The fraction of sp³-hybridized carbons (Fsp3) is 0.667. The number of rotatable bonds is 1. The predicted molar refractivity (Wildman–Crippen MR) is 44.0 cm³/mol. The summed E-state index contributed by atoms with van der Waals surface area (Å²) in [6, 6.07) is 1.98. The number of nitriles is 1. The summed E-state index contributed by atoms with van der Waals surface area (Å²) in [4.78, 5) is 0. The number of hydrogen-bond donors (Lipinski definition) is 0. The minimum atomic E-state index is -0.626. The lowest BCUT2D eigenvalue weighted by Gasteiger charge is -2.33. The Labute approximate surface area is 72.6 Å². The van der Waals surface area contributed by atoms with Crippen molar-refractivity contribution in [2.24, 2.45) is 5.92 Å². The van der Waals surface area contributed by atoms with Crippen molar-refractivity contribution in [1.82, 2.24) is 0 Å². The van der Waals surface area contributed by atoms with E-state index in [9.17, 15) is 0 Å². The van der Waals surface area contributed by atoms with Crippen molar-refractivity contribution in [2.75, 3.05) is 7.11 Å². The Kier molecular flexibility index (Phi) is 2.39. The molecule has 3 heteroatoms. The van der Waals surface area contributed by atoms with Gasteiger partial charge in [0, 0.05) is 20.5 Å². The van der Waals surface area contributed by atoms with Gasteiger partial charge in [0.1, 0.15) is 6.07 Å². The fourth-order valence-electron chi connectivity index (χ4n) is 1.40. The van der Waals surface area contributed by atoms with Gasteiger partial charge in [-0.25, -0.2) is 0 Å². The van der Waals surface area contributed by atoms with E-state index < -0.39 is 5.79 Å². The molecule has 0 fully saturated rings. The van der Waals surface area contributed by atoms with E-state index in [4.69, 9.17) is 14.7 Å². The minimum Gasteiger partial charge on any atom is -0.453 e. The van der Waals surface area contributed by atoms with E-state index in [1.807, 2.05) is 26.0 Å². The van der Waals surface area contributed by atoms with Gasteiger partial charge in [-0.15, -0.1) is 0 Å². The highest BCUT2D eigenvalue weighted by Gasteiger charge is 2.32. The predicted octanol–water partition coefficient (Wildman–Crippen LogP) is 1.81. The largest absolute Gasteiger partial charge is 0.453 e. The quantitative estimate of drug-likeness (QED) is 0.598. The number of allylic oxidation sites excluding steroid dienone is 2. The fourth-order valence-corrected chi connectivity index (χ4v) is 1.40. The van der Waals surface area contributed by atoms with Crippen molar-refractivity contribution in [3.05, 3.63) is 11.8 Å². The molecule has 0 N–H and O–H groups in total. The summed E-state index contributed by atoms with van der Waals surface area (Å²) >= 11 is 0. The van der Waals surface area contributed by atoms with Gasteiger partial charge in [-0.2, -0.15) is 5.26 Å². The highest BCUT2D eigenvalue weighted by molar-refractivity contribution is 5.17. The molecule has 1 rings (SSSR count). The third-order valence-electron chi connectivity index (χ3n) is 2.00. The zero-order valence-electron chi connectivity index (χ0n) is 7.63. The van der Waals surface area contributed by atoms with Crippen LogP contribution in [0.4, 0.5) is 0 Å². The molecule has 0 aromatic carbocycles. The van der Waals surface area contributed by atoms with Crippen LogP contribution in [0.5, 0.6) is 0 Å². The Morgan fingerprint density at radius 1 is 1.83 bits per heavy atom. The zero-order chi connectivity index (χ0) is 9.19. The first-order chi connectivity index (χ1) is 5.59. The first-order valence-corrected chi connectivity index (χ1v) is 3.96. The molecule has 0 spiro atoms. The molecule has 0 saturated carbocycles. The summed E-state index contributed by atoms with van der Waals surface area (Å²) in [7, 11) is 1.59. The van der Waals surface area contributed by atoms with Crippen LogP contribution < -0.4 is 0 Å². The van der Waals surface area contributed by atoms with Crippen LogP contribution in [0.2, 0.25) is 0 Å². The first-order valence-electron chi connectivity index (χ1n) is 3.96. The van der Waals surface area contributed by atoms with Crippen LogP contribution in [0, 0.1) is 17.2 Å².